The molecule has 2 aromatic heterocycles. The third-order valence-electron chi connectivity index (χ3n) is 4.94. The average Bonchev–Trinajstić information content (AvgIpc) is 3.41. The number of hydrogen-bond acceptors (Lipinski definition) is 4. The maximum Gasteiger partial charge on any atom is 0.194 e. The fourth-order valence-corrected chi connectivity index (χ4v) is 4.25. The molecule has 1 unspecified atom stereocenters. The van der Waals surface area contributed by atoms with Crippen molar-refractivity contribution in [3.05, 3.63) is 53.3 Å². The van der Waals surface area contributed by atoms with Gasteiger partial charge < -0.3 is 15.0 Å². The van der Waals surface area contributed by atoms with Crippen LogP contribution in [0.1, 0.15) is 30.5 Å². The second-order valence-corrected chi connectivity index (χ2v) is 7.57. The van der Waals surface area contributed by atoms with Crippen LogP contribution >= 0.6 is 11.3 Å². The Kier molecular flexibility index (Phi) is 5.29. The zero-order valence-corrected chi connectivity index (χ0v) is 16.6. The van der Waals surface area contributed by atoms with Crippen LogP contribution < -0.4 is 10.1 Å². The lowest BCUT2D eigenvalue weighted by Gasteiger charge is -2.21. The molecule has 0 bridgehead atoms. The van der Waals surface area contributed by atoms with Gasteiger partial charge in [0.15, 0.2) is 10.9 Å². The Morgan fingerprint density at radius 3 is 2.96 bits per heavy atom. The number of nitrogens with zero attached hydrogens (tertiary/aromatic N) is 4. The van der Waals surface area contributed by atoms with Gasteiger partial charge in [-0.25, -0.2) is 9.98 Å². The first-order valence-corrected chi connectivity index (χ1v) is 10.2. The SMILES string of the molecule is CCNC(=NCc1cn2ccsc2n1)N1CCC(c2ccc(OC)cc2)C1. The fraction of sp³-hybridized carbons (Fsp3) is 0.400. The van der Waals surface area contributed by atoms with Gasteiger partial charge >= 0.3 is 0 Å². The van der Waals surface area contributed by atoms with E-state index >= 15 is 0 Å². The van der Waals surface area contributed by atoms with Gasteiger partial charge in [-0.1, -0.05) is 12.1 Å². The maximum absolute atomic E-state index is 5.27. The first-order chi connectivity index (χ1) is 13.3. The molecule has 6 nitrogen and oxygen atoms in total. The van der Waals surface area contributed by atoms with E-state index in [0.717, 1.165) is 48.4 Å². The van der Waals surface area contributed by atoms with E-state index in [1.54, 1.807) is 18.4 Å². The molecule has 27 heavy (non-hydrogen) atoms. The van der Waals surface area contributed by atoms with E-state index in [-0.39, 0.29) is 0 Å². The number of hydrogen-bond donors (Lipinski definition) is 1. The van der Waals surface area contributed by atoms with Crippen molar-refractivity contribution in [3.8, 4) is 5.75 Å². The molecule has 1 fully saturated rings. The number of aromatic nitrogens is 2. The summed E-state index contributed by atoms with van der Waals surface area (Å²) in [5.74, 6) is 2.41. The topological polar surface area (TPSA) is 54.2 Å². The number of imidazole rings is 1. The van der Waals surface area contributed by atoms with Gasteiger partial charge in [0.05, 0.1) is 19.3 Å². The number of thiazole rings is 1. The molecule has 1 N–H and O–H groups in total. The van der Waals surface area contributed by atoms with Gasteiger partial charge in [-0.2, -0.15) is 0 Å². The number of guanidine groups is 1. The lowest BCUT2D eigenvalue weighted by Crippen LogP contribution is -2.40. The third-order valence-corrected chi connectivity index (χ3v) is 5.71. The number of aliphatic imine (C=N–C) groups is 1. The van der Waals surface area contributed by atoms with Gasteiger partial charge in [0, 0.05) is 43.3 Å². The van der Waals surface area contributed by atoms with E-state index in [9.17, 15) is 0 Å². The molecule has 0 amide bonds. The zero-order valence-electron chi connectivity index (χ0n) is 15.8. The van der Waals surface area contributed by atoms with Crippen LogP contribution in [0.15, 0.2) is 47.0 Å². The molecule has 3 aromatic rings. The van der Waals surface area contributed by atoms with E-state index in [0.29, 0.717) is 12.5 Å². The van der Waals surface area contributed by atoms with Crippen LogP contribution in [0.3, 0.4) is 0 Å². The van der Waals surface area contributed by atoms with Crippen LogP contribution in [0, 0.1) is 0 Å². The molecule has 1 aliphatic heterocycles. The van der Waals surface area contributed by atoms with Gasteiger partial charge in [-0.3, -0.25) is 4.40 Å². The summed E-state index contributed by atoms with van der Waals surface area (Å²) in [7, 11) is 1.70. The zero-order chi connectivity index (χ0) is 18.6. The molecule has 7 heteroatoms. The molecular formula is C20H25N5OS. The van der Waals surface area contributed by atoms with Gasteiger partial charge in [-0.05, 0) is 31.0 Å². The molecule has 1 aliphatic rings. The molecule has 1 saturated heterocycles. The Morgan fingerprint density at radius 2 is 2.22 bits per heavy atom. The van der Waals surface area contributed by atoms with E-state index in [2.05, 4.69) is 44.9 Å². The number of methoxy groups -OCH3 is 1. The van der Waals surface area contributed by atoms with E-state index in [1.165, 1.54) is 5.56 Å². The molecule has 3 heterocycles. The first-order valence-electron chi connectivity index (χ1n) is 9.35. The van der Waals surface area contributed by atoms with E-state index < -0.39 is 0 Å². The largest absolute Gasteiger partial charge is 0.497 e. The molecule has 142 valence electrons. The van der Waals surface area contributed by atoms with Crippen LogP contribution in [0.25, 0.3) is 4.96 Å². The smallest absolute Gasteiger partial charge is 0.194 e. The molecule has 0 aliphatic carbocycles. The van der Waals surface area contributed by atoms with Crippen LogP contribution in [0.2, 0.25) is 0 Å². The lowest BCUT2D eigenvalue weighted by atomic mass is 9.98. The highest BCUT2D eigenvalue weighted by atomic mass is 32.1. The van der Waals surface area contributed by atoms with Gasteiger partial charge in [0.2, 0.25) is 0 Å². The highest BCUT2D eigenvalue weighted by Gasteiger charge is 2.26. The number of benzene rings is 1. The summed E-state index contributed by atoms with van der Waals surface area (Å²) in [6.45, 7) is 5.57. The predicted molar refractivity (Wildman–Crippen MR) is 110 cm³/mol. The van der Waals surface area contributed by atoms with Crippen molar-refractivity contribution >= 4 is 22.3 Å². The second kappa shape index (κ2) is 8.00. The van der Waals surface area contributed by atoms with Gasteiger partial charge in [-0.15, -0.1) is 11.3 Å². The monoisotopic (exact) mass is 383 g/mol. The standard InChI is InChI=1S/C20H25N5OS/c1-3-21-19(22-12-17-14-25-10-11-27-20(25)23-17)24-9-8-16(13-24)15-4-6-18(26-2)7-5-15/h4-7,10-11,14,16H,3,8-9,12-13H2,1-2H3,(H,21,22). The summed E-state index contributed by atoms with van der Waals surface area (Å²) in [6.07, 6.45) is 5.23. The summed E-state index contributed by atoms with van der Waals surface area (Å²) in [6, 6.07) is 8.44. The number of likely N-dealkylation sites (tertiary alicyclic amines) is 1. The van der Waals surface area contributed by atoms with E-state index in [4.69, 9.17) is 9.73 Å². The van der Waals surface area contributed by atoms with Crippen LogP contribution in [-0.4, -0.2) is 47.0 Å². The van der Waals surface area contributed by atoms with E-state index in [1.807, 2.05) is 23.7 Å². The Balaban J connectivity index is 1.44. The normalized spacial score (nSPS) is 17.6. The molecule has 0 radical (unpaired) electrons. The number of nitrogens with one attached hydrogen (secondary N) is 1. The highest BCUT2D eigenvalue weighted by molar-refractivity contribution is 7.15. The summed E-state index contributed by atoms with van der Waals surface area (Å²) in [5, 5.41) is 5.48. The number of rotatable bonds is 5. The Morgan fingerprint density at radius 1 is 1.37 bits per heavy atom. The Bertz CT molecular complexity index is 886. The molecule has 4 rings (SSSR count). The summed E-state index contributed by atoms with van der Waals surface area (Å²) < 4.78 is 7.32. The maximum atomic E-state index is 5.27. The molecule has 1 atom stereocenters. The van der Waals surface area contributed by atoms with Crippen molar-refractivity contribution in [3.63, 3.8) is 0 Å². The minimum absolute atomic E-state index is 0.526. The van der Waals surface area contributed by atoms with Crippen molar-refractivity contribution in [2.45, 2.75) is 25.8 Å². The van der Waals surface area contributed by atoms with Gasteiger partial charge in [0.25, 0.3) is 0 Å². The lowest BCUT2D eigenvalue weighted by molar-refractivity contribution is 0.414. The minimum atomic E-state index is 0.526. The summed E-state index contributed by atoms with van der Waals surface area (Å²) >= 11 is 1.65. The first kappa shape index (κ1) is 17.9. The van der Waals surface area contributed by atoms with Crippen LogP contribution in [-0.2, 0) is 6.54 Å². The predicted octanol–water partition coefficient (Wildman–Crippen LogP) is 3.36. The fourth-order valence-electron chi connectivity index (χ4n) is 3.53. The Hall–Kier alpha value is -2.54. The highest BCUT2D eigenvalue weighted by Crippen LogP contribution is 2.28. The Labute approximate surface area is 163 Å². The average molecular weight is 384 g/mol. The minimum Gasteiger partial charge on any atom is -0.497 e. The van der Waals surface area contributed by atoms with Crippen LogP contribution in [0.5, 0.6) is 5.75 Å². The van der Waals surface area contributed by atoms with Crippen molar-refractivity contribution in [1.82, 2.24) is 19.6 Å². The molecule has 0 saturated carbocycles. The summed E-state index contributed by atoms with van der Waals surface area (Å²) in [4.78, 5) is 12.8. The quantitative estimate of drug-likeness (QED) is 0.542. The van der Waals surface area contributed by atoms with Crippen molar-refractivity contribution < 1.29 is 4.74 Å². The summed E-state index contributed by atoms with van der Waals surface area (Å²) in [5.41, 5.74) is 2.37. The third kappa shape index (κ3) is 3.93. The molecular weight excluding hydrogens is 358 g/mol. The molecule has 1 aromatic carbocycles. The van der Waals surface area contributed by atoms with Gasteiger partial charge in [0.1, 0.15) is 5.75 Å². The van der Waals surface area contributed by atoms with Crippen LogP contribution in [0.4, 0.5) is 0 Å². The second-order valence-electron chi connectivity index (χ2n) is 6.70. The molecule has 0 spiro atoms. The van der Waals surface area contributed by atoms with Crippen molar-refractivity contribution in [2.75, 3.05) is 26.7 Å². The van der Waals surface area contributed by atoms with Crippen molar-refractivity contribution in [2.24, 2.45) is 4.99 Å². The number of ether oxygens (including phenoxy) is 1. The number of fused-ring (bicyclic) bond motifs is 1. The van der Waals surface area contributed by atoms with Crippen molar-refractivity contribution in [1.29, 1.82) is 0 Å².